The minimum absolute atomic E-state index is 0.0696. The third kappa shape index (κ3) is 3.29. The predicted octanol–water partition coefficient (Wildman–Crippen LogP) is 1.16. The van der Waals surface area contributed by atoms with E-state index in [4.69, 9.17) is 5.73 Å². The molecule has 0 aromatic rings. The highest BCUT2D eigenvalue weighted by Gasteiger charge is 2.37. The van der Waals surface area contributed by atoms with E-state index < -0.39 is 10.2 Å². The summed E-state index contributed by atoms with van der Waals surface area (Å²) in [5.41, 5.74) is 5.89. The van der Waals surface area contributed by atoms with E-state index in [9.17, 15) is 8.42 Å². The summed E-state index contributed by atoms with van der Waals surface area (Å²) in [4.78, 5) is 0. The molecule has 1 aliphatic carbocycles. The zero-order valence-corrected chi connectivity index (χ0v) is 12.9. The molecule has 2 N–H and O–H groups in total. The molecule has 2 atom stereocenters. The van der Waals surface area contributed by atoms with Crippen molar-refractivity contribution in [3.8, 4) is 0 Å². The Kier molecular flexibility index (Phi) is 4.87. The van der Waals surface area contributed by atoms with Crippen molar-refractivity contribution >= 4 is 10.2 Å². The largest absolute Gasteiger partial charge is 0.328 e. The Morgan fingerprint density at radius 3 is 2.37 bits per heavy atom. The quantitative estimate of drug-likeness (QED) is 0.844. The van der Waals surface area contributed by atoms with E-state index in [1.165, 1.54) is 6.42 Å². The van der Waals surface area contributed by atoms with Gasteiger partial charge in [-0.3, -0.25) is 0 Å². The first-order valence-corrected chi connectivity index (χ1v) is 8.81. The first-order valence-electron chi connectivity index (χ1n) is 7.41. The van der Waals surface area contributed by atoms with E-state index in [-0.39, 0.29) is 12.1 Å². The minimum atomic E-state index is -3.29. The lowest BCUT2D eigenvalue weighted by atomic mass is 9.96. The molecule has 2 fully saturated rings. The predicted molar refractivity (Wildman–Crippen MR) is 76.9 cm³/mol. The van der Waals surface area contributed by atoms with Gasteiger partial charge in [-0.15, -0.1) is 0 Å². The average molecular weight is 289 g/mol. The molecule has 2 rings (SSSR count). The summed E-state index contributed by atoms with van der Waals surface area (Å²) < 4.78 is 28.5. The number of nitrogens with two attached hydrogens (primary N) is 1. The minimum Gasteiger partial charge on any atom is -0.328 e. The zero-order chi connectivity index (χ0) is 14.0. The standard InChI is InChI=1S/C13H27N3O2S/c1-11(14)12-8-9-16(10-12)19(17,18)15(2)13-6-4-3-5-7-13/h11-13H,3-10,14H2,1-2H3. The van der Waals surface area contributed by atoms with Crippen molar-refractivity contribution in [1.29, 1.82) is 0 Å². The second kappa shape index (κ2) is 6.08. The second-order valence-electron chi connectivity index (χ2n) is 6.08. The molecule has 1 heterocycles. The molecule has 5 nitrogen and oxygen atoms in total. The Morgan fingerprint density at radius 1 is 1.21 bits per heavy atom. The normalized spacial score (nSPS) is 28.9. The molecule has 2 aliphatic rings. The smallest absolute Gasteiger partial charge is 0.281 e. The second-order valence-corrected chi connectivity index (χ2v) is 8.07. The van der Waals surface area contributed by atoms with Gasteiger partial charge in [-0.05, 0) is 32.1 Å². The lowest BCUT2D eigenvalue weighted by Gasteiger charge is -2.33. The number of rotatable bonds is 4. The molecular formula is C13H27N3O2S. The van der Waals surface area contributed by atoms with Gasteiger partial charge in [0.1, 0.15) is 0 Å². The van der Waals surface area contributed by atoms with Gasteiger partial charge in [-0.1, -0.05) is 19.3 Å². The Hall–Kier alpha value is -0.170. The van der Waals surface area contributed by atoms with Crippen LogP contribution >= 0.6 is 0 Å². The van der Waals surface area contributed by atoms with Gasteiger partial charge in [0.05, 0.1) is 0 Å². The summed E-state index contributed by atoms with van der Waals surface area (Å²) in [5.74, 6) is 0.300. The van der Waals surface area contributed by atoms with Crippen LogP contribution in [0.25, 0.3) is 0 Å². The molecule has 1 saturated heterocycles. The molecule has 0 aromatic heterocycles. The lowest BCUT2D eigenvalue weighted by molar-refractivity contribution is 0.267. The first-order chi connectivity index (χ1) is 8.93. The molecule has 0 spiro atoms. The number of hydrogen-bond donors (Lipinski definition) is 1. The van der Waals surface area contributed by atoms with Gasteiger partial charge in [0, 0.05) is 32.2 Å². The molecule has 6 heteroatoms. The molecule has 0 aromatic carbocycles. The Bertz CT molecular complexity index is 391. The van der Waals surface area contributed by atoms with Gasteiger partial charge in [0.15, 0.2) is 0 Å². The molecule has 1 saturated carbocycles. The van der Waals surface area contributed by atoms with Crippen molar-refractivity contribution in [1.82, 2.24) is 8.61 Å². The monoisotopic (exact) mass is 289 g/mol. The fraction of sp³-hybridized carbons (Fsp3) is 1.00. The molecule has 0 amide bonds. The van der Waals surface area contributed by atoms with Gasteiger partial charge in [0.2, 0.25) is 0 Å². The third-order valence-corrected chi connectivity index (χ3v) is 6.72. The van der Waals surface area contributed by atoms with Crippen LogP contribution in [0.5, 0.6) is 0 Å². The summed E-state index contributed by atoms with van der Waals surface area (Å²) >= 11 is 0. The molecule has 19 heavy (non-hydrogen) atoms. The van der Waals surface area contributed by atoms with Gasteiger partial charge < -0.3 is 5.73 Å². The maximum absolute atomic E-state index is 12.6. The van der Waals surface area contributed by atoms with E-state index in [1.54, 1.807) is 15.7 Å². The van der Waals surface area contributed by atoms with E-state index in [2.05, 4.69) is 0 Å². The molecule has 112 valence electrons. The first kappa shape index (κ1) is 15.2. The van der Waals surface area contributed by atoms with Crippen LogP contribution in [0.4, 0.5) is 0 Å². The van der Waals surface area contributed by atoms with Gasteiger partial charge in [0.25, 0.3) is 10.2 Å². The van der Waals surface area contributed by atoms with Crippen LogP contribution < -0.4 is 5.73 Å². The fourth-order valence-corrected chi connectivity index (χ4v) is 4.88. The van der Waals surface area contributed by atoms with E-state index in [1.807, 2.05) is 6.92 Å². The summed E-state index contributed by atoms with van der Waals surface area (Å²) in [6.07, 6.45) is 6.41. The highest BCUT2D eigenvalue weighted by Crippen LogP contribution is 2.28. The maximum Gasteiger partial charge on any atom is 0.281 e. The van der Waals surface area contributed by atoms with Crippen LogP contribution in [0, 0.1) is 5.92 Å². The van der Waals surface area contributed by atoms with Crippen LogP contribution in [0.1, 0.15) is 45.4 Å². The van der Waals surface area contributed by atoms with E-state index in [0.717, 1.165) is 32.1 Å². The van der Waals surface area contributed by atoms with Crippen LogP contribution in [0.2, 0.25) is 0 Å². The van der Waals surface area contributed by atoms with Crippen molar-refractivity contribution in [2.75, 3.05) is 20.1 Å². The van der Waals surface area contributed by atoms with Gasteiger partial charge >= 0.3 is 0 Å². The molecular weight excluding hydrogens is 262 g/mol. The number of hydrogen-bond acceptors (Lipinski definition) is 3. The van der Waals surface area contributed by atoms with Crippen LogP contribution in [-0.4, -0.2) is 49.2 Å². The topological polar surface area (TPSA) is 66.6 Å². The van der Waals surface area contributed by atoms with Crippen molar-refractivity contribution in [2.24, 2.45) is 11.7 Å². The summed E-state index contributed by atoms with van der Waals surface area (Å²) in [5, 5.41) is 0. The highest BCUT2D eigenvalue weighted by atomic mass is 32.2. The van der Waals surface area contributed by atoms with Crippen LogP contribution in [0.15, 0.2) is 0 Å². The zero-order valence-electron chi connectivity index (χ0n) is 12.1. The molecule has 2 unspecified atom stereocenters. The van der Waals surface area contributed by atoms with Crippen LogP contribution in [-0.2, 0) is 10.2 Å². The van der Waals surface area contributed by atoms with Gasteiger partial charge in [-0.2, -0.15) is 17.0 Å². The number of nitrogens with zero attached hydrogens (tertiary/aromatic N) is 2. The molecule has 1 aliphatic heterocycles. The molecule has 0 bridgehead atoms. The Balaban J connectivity index is 2.01. The fourth-order valence-electron chi connectivity index (χ4n) is 3.21. The average Bonchev–Trinajstić information content (AvgIpc) is 2.89. The highest BCUT2D eigenvalue weighted by molar-refractivity contribution is 7.86. The maximum atomic E-state index is 12.6. The van der Waals surface area contributed by atoms with Crippen molar-refractivity contribution in [2.45, 2.75) is 57.5 Å². The van der Waals surface area contributed by atoms with E-state index >= 15 is 0 Å². The van der Waals surface area contributed by atoms with Crippen molar-refractivity contribution in [3.63, 3.8) is 0 Å². The van der Waals surface area contributed by atoms with Crippen molar-refractivity contribution < 1.29 is 8.42 Å². The molecule has 0 radical (unpaired) electrons. The summed E-state index contributed by atoms with van der Waals surface area (Å²) in [6, 6.07) is 0.258. The Morgan fingerprint density at radius 2 is 1.84 bits per heavy atom. The summed E-state index contributed by atoms with van der Waals surface area (Å²) in [7, 11) is -1.55. The third-order valence-electron chi connectivity index (χ3n) is 4.71. The van der Waals surface area contributed by atoms with Crippen LogP contribution in [0.3, 0.4) is 0 Å². The summed E-state index contributed by atoms with van der Waals surface area (Å²) in [6.45, 7) is 3.16. The Labute approximate surface area is 117 Å². The van der Waals surface area contributed by atoms with Crippen molar-refractivity contribution in [3.05, 3.63) is 0 Å². The SMILES string of the molecule is CC(N)C1CCN(S(=O)(=O)N(C)C2CCCCC2)C1. The lowest BCUT2D eigenvalue weighted by Crippen LogP contribution is -2.46. The van der Waals surface area contributed by atoms with Gasteiger partial charge in [-0.25, -0.2) is 0 Å². The van der Waals surface area contributed by atoms with E-state index in [0.29, 0.717) is 19.0 Å².